The lowest BCUT2D eigenvalue weighted by Crippen LogP contribution is -2.30. The van der Waals surface area contributed by atoms with E-state index in [0.717, 1.165) is 11.1 Å². The third kappa shape index (κ3) is 1.87. The highest BCUT2D eigenvalue weighted by Gasteiger charge is 2.25. The first kappa shape index (κ1) is 10.1. The van der Waals surface area contributed by atoms with Crippen LogP contribution in [-0.2, 0) is 4.74 Å². The van der Waals surface area contributed by atoms with Gasteiger partial charge in [-0.25, -0.2) is 0 Å². The van der Waals surface area contributed by atoms with Crippen molar-refractivity contribution in [2.45, 2.75) is 13.8 Å². The van der Waals surface area contributed by atoms with Crippen LogP contribution in [0.2, 0.25) is 0 Å². The average molecular weight is 183 g/mol. The molecule has 1 aliphatic heterocycles. The summed E-state index contributed by atoms with van der Waals surface area (Å²) in [6, 6.07) is 0. The third-order valence-corrected chi connectivity index (χ3v) is 2.18. The van der Waals surface area contributed by atoms with Crippen LogP contribution in [0.15, 0.2) is 22.5 Å². The largest absolute Gasteiger partial charge is 0.488 e. The van der Waals surface area contributed by atoms with E-state index in [1.807, 2.05) is 6.92 Å². The molecule has 1 rings (SSSR count). The van der Waals surface area contributed by atoms with Crippen molar-refractivity contribution in [3.63, 3.8) is 0 Å². The second kappa shape index (κ2) is 3.85. The zero-order valence-electron chi connectivity index (χ0n) is 8.09. The molecule has 0 aromatic heterocycles. The Bertz CT molecular complexity index is 271. The molecule has 0 saturated carbocycles. The van der Waals surface area contributed by atoms with Crippen LogP contribution in [0, 0.1) is 0 Å². The van der Waals surface area contributed by atoms with Gasteiger partial charge in [-0.05, 0) is 19.3 Å². The Morgan fingerprint density at radius 1 is 1.38 bits per heavy atom. The summed E-state index contributed by atoms with van der Waals surface area (Å²) >= 11 is 0. The van der Waals surface area contributed by atoms with Crippen LogP contribution in [0.25, 0.3) is 0 Å². The normalized spacial score (nSPS) is 17.3. The predicted octanol–water partition coefficient (Wildman–Crippen LogP) is -0.204. The minimum absolute atomic E-state index is 0.551. The Hall–Kier alpha value is -0.935. The molecule has 0 spiro atoms. The molecule has 0 amide bonds. The van der Waals surface area contributed by atoms with Crippen molar-refractivity contribution in [2.24, 2.45) is 0 Å². The van der Waals surface area contributed by atoms with Crippen LogP contribution in [0.4, 0.5) is 0 Å². The first-order valence-electron chi connectivity index (χ1n) is 4.12. The molecular weight excluding hydrogens is 169 g/mol. The fourth-order valence-electron chi connectivity index (χ4n) is 1.52. The van der Waals surface area contributed by atoms with Gasteiger partial charge in [-0.15, -0.1) is 0 Å². The van der Waals surface area contributed by atoms with Crippen molar-refractivity contribution in [3.05, 3.63) is 22.5 Å². The van der Waals surface area contributed by atoms with Gasteiger partial charge in [0, 0.05) is 12.1 Å². The molecule has 0 aromatic rings. The van der Waals surface area contributed by atoms with Crippen molar-refractivity contribution < 1.29 is 14.8 Å². The van der Waals surface area contributed by atoms with Gasteiger partial charge in [0.1, 0.15) is 0 Å². The summed E-state index contributed by atoms with van der Waals surface area (Å²) in [6.45, 7) is 4.24. The lowest BCUT2D eigenvalue weighted by Gasteiger charge is -2.22. The van der Waals surface area contributed by atoms with Gasteiger partial charge in [-0.2, -0.15) is 0 Å². The molecule has 0 unspecified atom stereocenters. The highest BCUT2D eigenvalue weighted by molar-refractivity contribution is 6.52. The highest BCUT2D eigenvalue weighted by atomic mass is 16.5. The quantitative estimate of drug-likeness (QED) is 0.518. The molecule has 72 valence electrons. The van der Waals surface area contributed by atoms with Crippen LogP contribution in [0.1, 0.15) is 13.8 Å². The summed E-state index contributed by atoms with van der Waals surface area (Å²) < 4.78 is 5.04. The summed E-state index contributed by atoms with van der Waals surface area (Å²) in [7, 11) is 0.126. The number of dihydropyridines is 1. The lowest BCUT2D eigenvalue weighted by molar-refractivity contribution is 0.257. The molecule has 4 nitrogen and oxygen atoms in total. The van der Waals surface area contributed by atoms with Gasteiger partial charge in [0.05, 0.1) is 7.11 Å². The highest BCUT2D eigenvalue weighted by Crippen LogP contribution is 2.22. The maximum atomic E-state index is 9.11. The van der Waals surface area contributed by atoms with E-state index in [1.54, 1.807) is 14.0 Å². The average Bonchev–Trinajstić information content (AvgIpc) is 2.04. The zero-order chi connectivity index (χ0) is 10.0. The molecule has 0 aromatic carbocycles. The van der Waals surface area contributed by atoms with E-state index in [1.165, 1.54) is 0 Å². The van der Waals surface area contributed by atoms with Gasteiger partial charge < -0.3 is 20.1 Å². The number of rotatable bonds is 2. The van der Waals surface area contributed by atoms with Gasteiger partial charge in [-0.1, -0.05) is 5.57 Å². The molecule has 3 N–H and O–H groups in total. The van der Waals surface area contributed by atoms with E-state index in [9.17, 15) is 0 Å². The number of allylic oxidation sites excluding steroid dienone is 2. The van der Waals surface area contributed by atoms with Crippen LogP contribution >= 0.6 is 0 Å². The Morgan fingerprint density at radius 3 is 2.46 bits per heavy atom. The third-order valence-electron chi connectivity index (χ3n) is 2.18. The van der Waals surface area contributed by atoms with E-state index in [-0.39, 0.29) is 0 Å². The molecular formula is C8H14BNO3. The van der Waals surface area contributed by atoms with Crippen LogP contribution in [0.5, 0.6) is 0 Å². The number of hydrogen-bond acceptors (Lipinski definition) is 4. The van der Waals surface area contributed by atoms with Gasteiger partial charge in [0.15, 0.2) is 5.88 Å². The van der Waals surface area contributed by atoms with Crippen molar-refractivity contribution in [2.75, 3.05) is 13.7 Å². The van der Waals surface area contributed by atoms with Crippen LogP contribution in [0.3, 0.4) is 0 Å². The molecule has 0 radical (unpaired) electrons. The number of ether oxygens (including phenoxy) is 1. The van der Waals surface area contributed by atoms with Gasteiger partial charge in [0.2, 0.25) is 0 Å². The van der Waals surface area contributed by atoms with E-state index >= 15 is 0 Å². The Balaban J connectivity index is 3.07. The molecule has 0 atom stereocenters. The fourth-order valence-corrected chi connectivity index (χ4v) is 1.52. The molecule has 5 heteroatoms. The second-order valence-electron chi connectivity index (χ2n) is 3.08. The van der Waals surface area contributed by atoms with Crippen molar-refractivity contribution in [3.8, 4) is 0 Å². The molecule has 1 heterocycles. The first-order chi connectivity index (χ1) is 6.07. The van der Waals surface area contributed by atoms with Gasteiger partial charge in [-0.3, -0.25) is 0 Å². The topological polar surface area (TPSA) is 61.7 Å². The second-order valence-corrected chi connectivity index (χ2v) is 3.08. The monoisotopic (exact) mass is 183 g/mol. The molecule has 1 aliphatic rings. The molecule has 13 heavy (non-hydrogen) atoms. The zero-order valence-corrected chi connectivity index (χ0v) is 8.09. The number of methoxy groups -OCH3 is 1. The summed E-state index contributed by atoms with van der Waals surface area (Å²) in [5.74, 6) is 0.605. The van der Waals surface area contributed by atoms with Crippen LogP contribution in [-0.4, -0.2) is 30.8 Å². The first-order valence-corrected chi connectivity index (χ1v) is 4.12. The Kier molecular flexibility index (Phi) is 3.00. The molecule has 0 fully saturated rings. The SMILES string of the molecule is COC1=C(C)C(B(O)O)=C(C)CN1. The summed E-state index contributed by atoms with van der Waals surface area (Å²) in [5.41, 5.74) is 2.23. The van der Waals surface area contributed by atoms with Gasteiger partial charge >= 0.3 is 7.12 Å². The number of hydrogen-bond donors (Lipinski definition) is 3. The van der Waals surface area contributed by atoms with E-state index in [2.05, 4.69) is 5.32 Å². The van der Waals surface area contributed by atoms with Crippen molar-refractivity contribution >= 4 is 7.12 Å². The minimum atomic E-state index is -1.42. The maximum Gasteiger partial charge on any atom is 0.488 e. The van der Waals surface area contributed by atoms with E-state index in [4.69, 9.17) is 14.8 Å². The van der Waals surface area contributed by atoms with Crippen molar-refractivity contribution in [1.82, 2.24) is 5.32 Å². The Labute approximate surface area is 78.1 Å². The van der Waals surface area contributed by atoms with Crippen LogP contribution < -0.4 is 5.32 Å². The smallest absolute Gasteiger partial charge is 0.482 e. The lowest BCUT2D eigenvalue weighted by atomic mass is 9.71. The minimum Gasteiger partial charge on any atom is -0.482 e. The summed E-state index contributed by atoms with van der Waals surface area (Å²) in [4.78, 5) is 0. The van der Waals surface area contributed by atoms with Gasteiger partial charge in [0.25, 0.3) is 0 Å². The molecule has 0 saturated heterocycles. The Morgan fingerprint density at radius 2 is 2.00 bits per heavy atom. The van der Waals surface area contributed by atoms with Crippen molar-refractivity contribution in [1.29, 1.82) is 0 Å². The summed E-state index contributed by atoms with van der Waals surface area (Å²) in [6.07, 6.45) is 0. The number of nitrogens with one attached hydrogen (secondary N) is 1. The molecule has 0 aliphatic carbocycles. The standard InChI is InChI=1S/C8H14BNO3/c1-5-4-10-8(13-3)6(2)7(5)9(11)12/h10-12H,4H2,1-3H3. The fraction of sp³-hybridized carbons (Fsp3) is 0.500. The predicted molar refractivity (Wildman–Crippen MR) is 50.6 cm³/mol. The van der Waals surface area contributed by atoms with E-state index in [0.29, 0.717) is 17.9 Å². The molecule has 0 bridgehead atoms. The summed E-state index contributed by atoms with van der Waals surface area (Å²) in [5, 5.41) is 21.3. The van der Waals surface area contributed by atoms with E-state index < -0.39 is 7.12 Å². The maximum absolute atomic E-state index is 9.11.